The lowest BCUT2D eigenvalue weighted by molar-refractivity contribution is -0.153. The molecule has 1 amide bonds. The molecule has 7 heteroatoms. The zero-order chi connectivity index (χ0) is 16.2. The highest BCUT2D eigenvalue weighted by Gasteiger charge is 2.28. The molecule has 0 aromatic heterocycles. The normalized spacial score (nSPS) is 11.1. The van der Waals surface area contributed by atoms with Gasteiger partial charge in [0.1, 0.15) is 11.6 Å². The molecule has 116 valence electrons. The number of carbonyl (C=O) groups excluding carboxylic acids is 1. The van der Waals surface area contributed by atoms with Crippen LogP contribution in [0.3, 0.4) is 0 Å². The van der Waals surface area contributed by atoms with E-state index in [1.807, 2.05) is 0 Å². The zero-order valence-corrected chi connectivity index (χ0v) is 11.2. The molecule has 0 bridgehead atoms. The van der Waals surface area contributed by atoms with E-state index >= 15 is 0 Å². The Kier molecular flexibility index (Phi) is 4.65. The minimum atomic E-state index is -4.42. The number of anilines is 1. The number of carbonyl (C=O) groups is 1. The molecule has 0 radical (unpaired) electrons. The van der Waals surface area contributed by atoms with Crippen molar-refractivity contribution in [3.63, 3.8) is 0 Å². The summed E-state index contributed by atoms with van der Waals surface area (Å²) in [4.78, 5) is 11.8. The van der Waals surface area contributed by atoms with Crippen LogP contribution in [0.2, 0.25) is 0 Å². The zero-order valence-electron chi connectivity index (χ0n) is 11.2. The van der Waals surface area contributed by atoms with Gasteiger partial charge in [-0.05, 0) is 36.4 Å². The van der Waals surface area contributed by atoms with Gasteiger partial charge < -0.3 is 10.1 Å². The molecule has 0 fully saturated rings. The van der Waals surface area contributed by atoms with E-state index in [1.165, 1.54) is 42.5 Å². The van der Waals surface area contributed by atoms with Crippen molar-refractivity contribution in [1.82, 2.24) is 0 Å². The van der Waals surface area contributed by atoms with Crippen molar-refractivity contribution >= 4 is 11.6 Å². The number of amides is 1. The number of nitrogens with one attached hydrogen (secondary N) is 1. The maximum atomic E-state index is 13.4. The van der Waals surface area contributed by atoms with E-state index < -0.39 is 24.5 Å². The second-order valence-electron chi connectivity index (χ2n) is 4.36. The third kappa shape index (κ3) is 4.47. The minimum Gasteiger partial charge on any atom is -0.484 e. The molecule has 2 aromatic carbocycles. The number of benzene rings is 2. The maximum Gasteiger partial charge on any atom is 0.422 e. The molecule has 3 nitrogen and oxygen atoms in total. The monoisotopic (exact) mass is 313 g/mol. The van der Waals surface area contributed by atoms with E-state index in [4.69, 9.17) is 0 Å². The Labute approximate surface area is 123 Å². The van der Waals surface area contributed by atoms with Crippen molar-refractivity contribution in [3.05, 3.63) is 59.9 Å². The van der Waals surface area contributed by atoms with Crippen molar-refractivity contribution in [1.29, 1.82) is 0 Å². The number of ether oxygens (including phenoxy) is 1. The second kappa shape index (κ2) is 6.46. The highest BCUT2D eigenvalue weighted by molar-refractivity contribution is 6.04. The van der Waals surface area contributed by atoms with Crippen molar-refractivity contribution in [2.75, 3.05) is 11.9 Å². The van der Waals surface area contributed by atoms with Gasteiger partial charge in [0.25, 0.3) is 5.91 Å². The molecule has 0 saturated heterocycles. The smallest absolute Gasteiger partial charge is 0.422 e. The van der Waals surface area contributed by atoms with E-state index in [9.17, 15) is 22.4 Å². The number of alkyl halides is 3. The topological polar surface area (TPSA) is 38.3 Å². The lowest BCUT2D eigenvalue weighted by Crippen LogP contribution is -2.19. The third-order valence-corrected chi connectivity index (χ3v) is 2.63. The Bertz CT molecular complexity index is 653. The van der Waals surface area contributed by atoms with Gasteiger partial charge in [-0.1, -0.05) is 12.1 Å². The van der Waals surface area contributed by atoms with Crippen LogP contribution in [0.5, 0.6) is 5.75 Å². The van der Waals surface area contributed by atoms with E-state index in [-0.39, 0.29) is 11.3 Å². The fourth-order valence-electron chi connectivity index (χ4n) is 1.64. The van der Waals surface area contributed by atoms with E-state index in [0.29, 0.717) is 5.69 Å². The van der Waals surface area contributed by atoms with E-state index in [1.54, 1.807) is 0 Å². The van der Waals surface area contributed by atoms with Crippen LogP contribution in [0.1, 0.15) is 10.4 Å². The molecular formula is C15H11F4NO2. The summed E-state index contributed by atoms with van der Waals surface area (Å²) in [5.41, 5.74) is 0.188. The predicted octanol–water partition coefficient (Wildman–Crippen LogP) is 4.02. The molecule has 0 heterocycles. The fourth-order valence-corrected chi connectivity index (χ4v) is 1.64. The molecule has 0 saturated carbocycles. The summed E-state index contributed by atoms with van der Waals surface area (Å²) >= 11 is 0. The Morgan fingerprint density at radius 3 is 2.27 bits per heavy atom. The van der Waals surface area contributed by atoms with Crippen LogP contribution < -0.4 is 10.1 Å². The standard InChI is InChI=1S/C15H11F4NO2/c16-13-4-2-1-3-12(13)14(21)20-10-5-7-11(8-6-10)22-9-15(17,18)19/h1-8H,9H2,(H,20,21). The molecular weight excluding hydrogens is 302 g/mol. The molecule has 22 heavy (non-hydrogen) atoms. The molecule has 0 aliphatic carbocycles. The van der Waals surface area contributed by atoms with Crippen molar-refractivity contribution in [2.24, 2.45) is 0 Å². The van der Waals surface area contributed by atoms with Gasteiger partial charge in [0, 0.05) is 5.69 Å². The molecule has 0 atom stereocenters. The summed E-state index contributed by atoms with van der Waals surface area (Å²) in [5, 5.41) is 2.44. The first-order valence-electron chi connectivity index (χ1n) is 6.21. The molecule has 1 N–H and O–H groups in total. The van der Waals surface area contributed by atoms with Gasteiger partial charge in [0.15, 0.2) is 6.61 Å². The molecule has 2 rings (SSSR count). The second-order valence-corrected chi connectivity index (χ2v) is 4.36. The van der Waals surface area contributed by atoms with Crippen LogP contribution in [0.15, 0.2) is 48.5 Å². The summed E-state index contributed by atoms with van der Waals surface area (Å²) in [7, 11) is 0. The SMILES string of the molecule is O=C(Nc1ccc(OCC(F)(F)F)cc1)c1ccccc1F. The molecule has 0 aliphatic rings. The van der Waals surface area contributed by atoms with Crippen LogP contribution in [0.4, 0.5) is 23.2 Å². The first kappa shape index (κ1) is 15.8. The Hall–Kier alpha value is -2.57. The first-order chi connectivity index (χ1) is 10.3. The Morgan fingerprint density at radius 1 is 1.05 bits per heavy atom. The summed E-state index contributed by atoms with van der Waals surface area (Å²) in [6.07, 6.45) is -4.42. The lowest BCUT2D eigenvalue weighted by atomic mass is 10.2. The van der Waals surface area contributed by atoms with Crippen LogP contribution >= 0.6 is 0 Å². The average molecular weight is 313 g/mol. The maximum absolute atomic E-state index is 13.4. The summed E-state index contributed by atoms with van der Waals surface area (Å²) in [5.74, 6) is -1.30. The Balaban J connectivity index is 1.99. The molecule has 2 aromatic rings. The van der Waals surface area contributed by atoms with Gasteiger partial charge in [-0.25, -0.2) is 4.39 Å². The summed E-state index contributed by atoms with van der Waals surface area (Å²) in [6, 6.07) is 10.7. The van der Waals surface area contributed by atoms with Crippen LogP contribution in [0.25, 0.3) is 0 Å². The summed E-state index contributed by atoms with van der Waals surface area (Å²) < 4.78 is 54.0. The van der Waals surface area contributed by atoms with Gasteiger partial charge in [0.05, 0.1) is 5.56 Å². The molecule has 0 aliphatic heterocycles. The number of halogens is 4. The largest absolute Gasteiger partial charge is 0.484 e. The van der Waals surface area contributed by atoms with Gasteiger partial charge in [-0.15, -0.1) is 0 Å². The van der Waals surface area contributed by atoms with Crippen molar-refractivity contribution in [3.8, 4) is 5.75 Å². The lowest BCUT2D eigenvalue weighted by Gasteiger charge is -2.10. The number of rotatable bonds is 4. The van der Waals surface area contributed by atoms with Crippen molar-refractivity contribution < 1.29 is 27.1 Å². The fraction of sp³-hybridized carbons (Fsp3) is 0.133. The Morgan fingerprint density at radius 2 is 1.68 bits per heavy atom. The van der Waals surface area contributed by atoms with Crippen molar-refractivity contribution in [2.45, 2.75) is 6.18 Å². The summed E-state index contributed by atoms with van der Waals surface area (Å²) in [6.45, 7) is -1.39. The van der Waals surface area contributed by atoms with Crippen LogP contribution in [0, 0.1) is 5.82 Å². The van der Waals surface area contributed by atoms with Gasteiger partial charge in [-0.2, -0.15) is 13.2 Å². The van der Waals surface area contributed by atoms with Crippen LogP contribution in [-0.2, 0) is 0 Å². The predicted molar refractivity (Wildman–Crippen MR) is 72.3 cm³/mol. The quantitative estimate of drug-likeness (QED) is 0.866. The highest BCUT2D eigenvalue weighted by Crippen LogP contribution is 2.20. The van der Waals surface area contributed by atoms with E-state index in [2.05, 4.69) is 10.1 Å². The van der Waals surface area contributed by atoms with E-state index in [0.717, 1.165) is 6.07 Å². The minimum absolute atomic E-state index is 0.0150. The highest BCUT2D eigenvalue weighted by atomic mass is 19.4. The molecule has 0 spiro atoms. The van der Waals surface area contributed by atoms with Gasteiger partial charge in [0.2, 0.25) is 0 Å². The van der Waals surface area contributed by atoms with Gasteiger partial charge >= 0.3 is 6.18 Å². The van der Waals surface area contributed by atoms with Crippen LogP contribution in [-0.4, -0.2) is 18.7 Å². The number of hydrogen-bond donors (Lipinski definition) is 1. The van der Waals surface area contributed by atoms with Gasteiger partial charge in [-0.3, -0.25) is 4.79 Å². The third-order valence-electron chi connectivity index (χ3n) is 2.63. The average Bonchev–Trinajstić information content (AvgIpc) is 2.46. The molecule has 0 unspecified atom stereocenters. The number of hydrogen-bond acceptors (Lipinski definition) is 2. The first-order valence-corrected chi connectivity index (χ1v) is 6.21.